The molecular formula is C18H15F3N2O2. The quantitative estimate of drug-likeness (QED) is 0.843. The lowest BCUT2D eigenvalue weighted by atomic mass is 10.1. The normalized spacial score (nSPS) is 12.1. The van der Waals surface area contributed by atoms with Crippen LogP contribution < -0.4 is 11.1 Å². The Hall–Kier alpha value is -3.09. The highest BCUT2D eigenvalue weighted by Gasteiger charge is 2.23. The van der Waals surface area contributed by atoms with Crippen LogP contribution >= 0.6 is 0 Å². The third kappa shape index (κ3) is 4.94. The molecule has 7 heteroatoms. The molecule has 2 amide bonds. The maximum absolute atomic E-state index is 13.6. The van der Waals surface area contributed by atoms with E-state index in [1.54, 1.807) is 12.2 Å². The van der Waals surface area contributed by atoms with Crippen LogP contribution in [0.3, 0.4) is 0 Å². The fraction of sp³-hybridized carbons (Fsp3) is 0.111. The van der Waals surface area contributed by atoms with E-state index >= 15 is 0 Å². The van der Waals surface area contributed by atoms with Gasteiger partial charge in [0.05, 0.1) is 0 Å². The number of hydrogen-bond donors (Lipinski definition) is 2. The summed E-state index contributed by atoms with van der Waals surface area (Å²) in [6.07, 6.45) is 3.34. The second kappa shape index (κ2) is 8.14. The smallest absolute Gasteiger partial charge is 0.257 e. The zero-order valence-corrected chi connectivity index (χ0v) is 13.0. The molecule has 0 unspecified atom stereocenters. The number of hydrogen-bond acceptors (Lipinski definition) is 2. The molecule has 0 saturated carbocycles. The van der Waals surface area contributed by atoms with Gasteiger partial charge in [-0.1, -0.05) is 42.5 Å². The van der Waals surface area contributed by atoms with Crippen molar-refractivity contribution >= 4 is 17.9 Å². The highest BCUT2D eigenvalue weighted by molar-refractivity contribution is 5.97. The standard InChI is InChI=1S/C18H15F3N2O2/c19-12-9-13(20)16(14(21)10-12)18(25)23-15(17(22)24)8-4-7-11-5-2-1-3-6-11/h1-7,9-10,15H,8H2,(H2,22,24)(H,23,25)/b7-4+/t15-/m0/s1. The zero-order chi connectivity index (χ0) is 18.4. The summed E-state index contributed by atoms with van der Waals surface area (Å²) in [6.45, 7) is 0. The molecule has 2 aromatic carbocycles. The van der Waals surface area contributed by atoms with Gasteiger partial charge in [-0.2, -0.15) is 0 Å². The molecule has 0 bridgehead atoms. The fourth-order valence-electron chi connectivity index (χ4n) is 2.14. The maximum Gasteiger partial charge on any atom is 0.257 e. The molecule has 1 atom stereocenters. The number of nitrogens with two attached hydrogens (primary N) is 1. The summed E-state index contributed by atoms with van der Waals surface area (Å²) in [5, 5.41) is 2.15. The van der Waals surface area contributed by atoms with E-state index in [0.717, 1.165) is 5.56 Å². The van der Waals surface area contributed by atoms with E-state index in [1.807, 2.05) is 30.3 Å². The summed E-state index contributed by atoms with van der Waals surface area (Å²) in [6, 6.07) is 8.75. The Bertz CT molecular complexity index is 784. The Labute approximate surface area is 142 Å². The Morgan fingerprint density at radius 2 is 1.68 bits per heavy atom. The van der Waals surface area contributed by atoms with Crippen LogP contribution in [-0.2, 0) is 4.79 Å². The summed E-state index contributed by atoms with van der Waals surface area (Å²) in [7, 11) is 0. The van der Waals surface area contributed by atoms with Gasteiger partial charge in [0.1, 0.15) is 29.1 Å². The number of primary amides is 1. The second-order valence-electron chi connectivity index (χ2n) is 5.22. The monoisotopic (exact) mass is 348 g/mol. The van der Waals surface area contributed by atoms with Crippen molar-refractivity contribution in [1.29, 1.82) is 0 Å². The lowest BCUT2D eigenvalue weighted by Crippen LogP contribution is -2.44. The molecule has 2 aromatic rings. The largest absolute Gasteiger partial charge is 0.368 e. The van der Waals surface area contributed by atoms with Gasteiger partial charge in [-0.3, -0.25) is 9.59 Å². The van der Waals surface area contributed by atoms with E-state index in [1.165, 1.54) is 0 Å². The van der Waals surface area contributed by atoms with Gasteiger partial charge < -0.3 is 11.1 Å². The van der Waals surface area contributed by atoms with Crippen molar-refractivity contribution in [2.75, 3.05) is 0 Å². The van der Waals surface area contributed by atoms with Crippen LogP contribution in [0.4, 0.5) is 13.2 Å². The number of halogens is 3. The van der Waals surface area contributed by atoms with Crippen molar-refractivity contribution in [1.82, 2.24) is 5.32 Å². The Morgan fingerprint density at radius 3 is 2.24 bits per heavy atom. The highest BCUT2D eigenvalue weighted by atomic mass is 19.1. The molecule has 0 aliphatic rings. The van der Waals surface area contributed by atoms with Crippen LogP contribution in [0, 0.1) is 17.5 Å². The number of amides is 2. The van der Waals surface area contributed by atoms with E-state index in [4.69, 9.17) is 5.73 Å². The number of nitrogens with one attached hydrogen (secondary N) is 1. The molecule has 0 heterocycles. The molecule has 0 saturated heterocycles. The Morgan fingerprint density at radius 1 is 1.08 bits per heavy atom. The van der Waals surface area contributed by atoms with Gasteiger partial charge in [0.2, 0.25) is 5.91 Å². The average molecular weight is 348 g/mol. The van der Waals surface area contributed by atoms with Crippen LogP contribution in [-0.4, -0.2) is 17.9 Å². The Balaban J connectivity index is 2.10. The second-order valence-corrected chi connectivity index (χ2v) is 5.22. The van der Waals surface area contributed by atoms with Crippen molar-refractivity contribution in [2.24, 2.45) is 5.73 Å². The van der Waals surface area contributed by atoms with Crippen molar-refractivity contribution in [3.63, 3.8) is 0 Å². The summed E-state index contributed by atoms with van der Waals surface area (Å²) in [4.78, 5) is 23.5. The number of rotatable bonds is 6. The lowest BCUT2D eigenvalue weighted by molar-refractivity contribution is -0.119. The summed E-state index contributed by atoms with van der Waals surface area (Å²) in [5.41, 5.74) is 5.10. The first kappa shape index (κ1) is 18.3. The predicted molar refractivity (Wildman–Crippen MR) is 86.9 cm³/mol. The van der Waals surface area contributed by atoms with E-state index in [0.29, 0.717) is 12.1 Å². The number of benzene rings is 2. The van der Waals surface area contributed by atoms with Gasteiger partial charge in [0.15, 0.2) is 0 Å². The summed E-state index contributed by atoms with van der Waals surface area (Å²) >= 11 is 0. The minimum Gasteiger partial charge on any atom is -0.368 e. The zero-order valence-electron chi connectivity index (χ0n) is 13.0. The first-order valence-corrected chi connectivity index (χ1v) is 7.35. The van der Waals surface area contributed by atoms with E-state index in [-0.39, 0.29) is 6.42 Å². The summed E-state index contributed by atoms with van der Waals surface area (Å²) in [5.74, 6) is -5.93. The third-order valence-corrected chi connectivity index (χ3v) is 3.36. The third-order valence-electron chi connectivity index (χ3n) is 3.36. The number of carbonyl (C=O) groups is 2. The van der Waals surface area contributed by atoms with Crippen LogP contribution in [0.5, 0.6) is 0 Å². The van der Waals surface area contributed by atoms with Gasteiger partial charge in [0, 0.05) is 12.1 Å². The molecule has 25 heavy (non-hydrogen) atoms. The predicted octanol–water partition coefficient (Wildman–Crippen LogP) is 2.79. The van der Waals surface area contributed by atoms with E-state index in [2.05, 4.69) is 5.32 Å². The fourth-order valence-corrected chi connectivity index (χ4v) is 2.14. The molecule has 130 valence electrons. The molecule has 0 aliphatic carbocycles. The summed E-state index contributed by atoms with van der Waals surface area (Å²) < 4.78 is 40.1. The van der Waals surface area contributed by atoms with Crippen molar-refractivity contribution in [3.05, 3.63) is 77.1 Å². The SMILES string of the molecule is NC(=O)[C@H](C/C=C/c1ccccc1)NC(=O)c1c(F)cc(F)cc1F. The number of carbonyl (C=O) groups excluding carboxylic acids is 2. The van der Waals surface area contributed by atoms with Crippen molar-refractivity contribution in [3.8, 4) is 0 Å². The molecule has 3 N–H and O–H groups in total. The van der Waals surface area contributed by atoms with Crippen LogP contribution in [0.25, 0.3) is 6.08 Å². The molecule has 0 fully saturated rings. The minimum absolute atomic E-state index is 0.0282. The molecular weight excluding hydrogens is 333 g/mol. The van der Waals surface area contributed by atoms with Crippen molar-refractivity contribution in [2.45, 2.75) is 12.5 Å². The van der Waals surface area contributed by atoms with Gasteiger partial charge in [-0.15, -0.1) is 0 Å². The minimum atomic E-state index is -1.36. The van der Waals surface area contributed by atoms with Gasteiger partial charge in [-0.05, 0) is 12.0 Å². The molecule has 0 aliphatic heterocycles. The van der Waals surface area contributed by atoms with E-state index < -0.39 is 40.9 Å². The lowest BCUT2D eigenvalue weighted by Gasteiger charge is -2.14. The average Bonchev–Trinajstić information content (AvgIpc) is 2.53. The molecule has 0 radical (unpaired) electrons. The molecule has 0 aromatic heterocycles. The van der Waals surface area contributed by atoms with Gasteiger partial charge in [-0.25, -0.2) is 13.2 Å². The van der Waals surface area contributed by atoms with Gasteiger partial charge >= 0.3 is 0 Å². The van der Waals surface area contributed by atoms with E-state index in [9.17, 15) is 22.8 Å². The molecule has 0 spiro atoms. The molecule has 4 nitrogen and oxygen atoms in total. The topological polar surface area (TPSA) is 72.2 Å². The van der Waals surface area contributed by atoms with Gasteiger partial charge in [0.25, 0.3) is 5.91 Å². The van der Waals surface area contributed by atoms with Crippen LogP contribution in [0.2, 0.25) is 0 Å². The molecule has 2 rings (SSSR count). The maximum atomic E-state index is 13.6. The van der Waals surface area contributed by atoms with Crippen LogP contribution in [0.15, 0.2) is 48.5 Å². The Kier molecular flexibility index (Phi) is 5.94. The first-order valence-electron chi connectivity index (χ1n) is 7.35. The highest BCUT2D eigenvalue weighted by Crippen LogP contribution is 2.15. The van der Waals surface area contributed by atoms with Crippen LogP contribution in [0.1, 0.15) is 22.3 Å². The first-order chi connectivity index (χ1) is 11.9. The van der Waals surface area contributed by atoms with Crippen molar-refractivity contribution < 1.29 is 22.8 Å².